The highest BCUT2D eigenvalue weighted by atomic mass is 16.4. The van der Waals surface area contributed by atoms with Crippen LogP contribution in [0.25, 0.3) is 11.1 Å². The van der Waals surface area contributed by atoms with E-state index in [4.69, 9.17) is 4.42 Å². The number of aryl methyl sites for hydroxylation is 2. The topological polar surface area (TPSA) is 64.2 Å². The molecule has 0 bridgehead atoms. The smallest absolute Gasteiger partial charge is 0.408 e. The molecule has 132 valence electrons. The highest BCUT2D eigenvalue weighted by molar-refractivity contribution is 6.00. The van der Waals surface area contributed by atoms with Crippen molar-refractivity contribution < 1.29 is 9.21 Å². The second-order valence-corrected chi connectivity index (χ2v) is 5.91. The Morgan fingerprint density at radius 3 is 2.77 bits per heavy atom. The van der Waals surface area contributed by atoms with Crippen molar-refractivity contribution in [2.24, 2.45) is 7.05 Å². The number of nitrogens with one attached hydrogen (secondary N) is 1. The third-order valence-electron chi connectivity index (χ3n) is 4.00. The monoisotopic (exact) mass is 348 g/mol. The lowest BCUT2D eigenvalue weighted by molar-refractivity contribution is -0.111. The molecule has 0 aliphatic rings. The van der Waals surface area contributed by atoms with E-state index in [-0.39, 0.29) is 5.91 Å². The molecule has 26 heavy (non-hydrogen) atoms. The van der Waals surface area contributed by atoms with Gasteiger partial charge < -0.3 is 9.73 Å². The third-order valence-corrected chi connectivity index (χ3v) is 4.00. The number of aromatic nitrogens is 1. The van der Waals surface area contributed by atoms with Crippen LogP contribution in [-0.4, -0.2) is 10.5 Å². The van der Waals surface area contributed by atoms with Gasteiger partial charge in [0.25, 0.3) is 0 Å². The SMILES string of the molecule is Cn1c(=O)oc2ccc(NC(=O)C=CC=CCCc3ccccc3)cc21. The van der Waals surface area contributed by atoms with Crippen molar-refractivity contribution in [3.63, 3.8) is 0 Å². The van der Waals surface area contributed by atoms with Gasteiger partial charge in [-0.1, -0.05) is 48.6 Å². The van der Waals surface area contributed by atoms with E-state index in [2.05, 4.69) is 17.4 Å². The van der Waals surface area contributed by atoms with Crippen molar-refractivity contribution >= 4 is 22.7 Å². The Morgan fingerprint density at radius 2 is 1.96 bits per heavy atom. The molecule has 1 amide bonds. The summed E-state index contributed by atoms with van der Waals surface area (Å²) in [5.41, 5.74) is 3.03. The molecule has 0 spiro atoms. The zero-order valence-corrected chi connectivity index (χ0v) is 14.5. The lowest BCUT2D eigenvalue weighted by Gasteiger charge is -2.02. The van der Waals surface area contributed by atoms with Gasteiger partial charge in [0.2, 0.25) is 5.91 Å². The maximum atomic E-state index is 12.0. The van der Waals surface area contributed by atoms with E-state index >= 15 is 0 Å². The Labute approximate surface area is 151 Å². The molecule has 0 saturated carbocycles. The predicted molar refractivity (Wildman–Crippen MR) is 103 cm³/mol. The number of hydrogen-bond acceptors (Lipinski definition) is 3. The van der Waals surface area contributed by atoms with Crippen LogP contribution in [0.2, 0.25) is 0 Å². The standard InChI is InChI=1S/C21H20N2O3/c1-23-18-15-17(13-14-19(18)26-21(23)25)22-20(24)12-8-3-2-5-9-16-10-6-4-7-11-16/h2-4,6-8,10-15H,5,9H2,1H3,(H,22,24). The van der Waals surface area contributed by atoms with E-state index in [0.717, 1.165) is 12.8 Å². The lowest BCUT2D eigenvalue weighted by atomic mass is 10.1. The summed E-state index contributed by atoms with van der Waals surface area (Å²) in [6, 6.07) is 15.3. The van der Waals surface area contributed by atoms with Gasteiger partial charge in [-0.2, -0.15) is 0 Å². The summed E-state index contributed by atoms with van der Waals surface area (Å²) in [6.07, 6.45) is 8.97. The van der Waals surface area contributed by atoms with Crippen molar-refractivity contribution in [1.29, 1.82) is 0 Å². The predicted octanol–water partition coefficient (Wildman–Crippen LogP) is 3.82. The average molecular weight is 348 g/mol. The molecule has 0 radical (unpaired) electrons. The van der Waals surface area contributed by atoms with Crippen LogP contribution in [0.4, 0.5) is 5.69 Å². The minimum Gasteiger partial charge on any atom is -0.408 e. The molecule has 0 atom stereocenters. The number of oxazole rings is 1. The van der Waals surface area contributed by atoms with Crippen LogP contribution in [0.3, 0.4) is 0 Å². The van der Waals surface area contributed by atoms with Gasteiger partial charge in [-0.3, -0.25) is 9.36 Å². The highest BCUT2D eigenvalue weighted by Gasteiger charge is 2.07. The van der Waals surface area contributed by atoms with E-state index in [1.807, 2.05) is 30.4 Å². The quantitative estimate of drug-likeness (QED) is 0.544. The van der Waals surface area contributed by atoms with Crippen LogP contribution in [0.1, 0.15) is 12.0 Å². The minimum atomic E-state index is -0.427. The summed E-state index contributed by atoms with van der Waals surface area (Å²) in [6.45, 7) is 0. The summed E-state index contributed by atoms with van der Waals surface area (Å²) in [5, 5.41) is 2.77. The maximum absolute atomic E-state index is 12.0. The van der Waals surface area contributed by atoms with Gasteiger partial charge in [0.15, 0.2) is 5.58 Å². The summed E-state index contributed by atoms with van der Waals surface area (Å²) in [5.74, 6) is -0.658. The number of fused-ring (bicyclic) bond motifs is 1. The number of benzene rings is 2. The average Bonchev–Trinajstić information content (AvgIpc) is 2.93. The number of amides is 1. The molecule has 1 aromatic heterocycles. The molecule has 0 fully saturated rings. The Morgan fingerprint density at radius 1 is 1.15 bits per heavy atom. The van der Waals surface area contributed by atoms with Crippen LogP contribution in [0, 0.1) is 0 Å². The molecule has 3 rings (SSSR count). The Balaban J connectivity index is 1.52. The van der Waals surface area contributed by atoms with Gasteiger partial charge in [0, 0.05) is 18.8 Å². The Kier molecular flexibility index (Phi) is 5.49. The van der Waals surface area contributed by atoms with Crippen molar-refractivity contribution in [3.05, 3.63) is 88.9 Å². The molecule has 5 heteroatoms. The highest BCUT2D eigenvalue weighted by Crippen LogP contribution is 2.17. The number of carbonyl (C=O) groups is 1. The van der Waals surface area contributed by atoms with E-state index in [0.29, 0.717) is 16.8 Å². The first-order valence-electron chi connectivity index (χ1n) is 8.41. The molecular formula is C21H20N2O3. The molecule has 1 N–H and O–H groups in total. The van der Waals surface area contributed by atoms with Crippen molar-refractivity contribution in [1.82, 2.24) is 4.57 Å². The first-order chi connectivity index (χ1) is 12.6. The molecule has 2 aromatic carbocycles. The molecule has 1 heterocycles. The maximum Gasteiger partial charge on any atom is 0.419 e. The van der Waals surface area contributed by atoms with Gasteiger partial charge in [-0.25, -0.2) is 4.79 Å². The first-order valence-corrected chi connectivity index (χ1v) is 8.41. The number of allylic oxidation sites excluding steroid dienone is 3. The Hall–Kier alpha value is -3.34. The van der Waals surface area contributed by atoms with Crippen LogP contribution >= 0.6 is 0 Å². The molecule has 0 unspecified atom stereocenters. The minimum absolute atomic E-state index is 0.231. The third kappa shape index (κ3) is 4.39. The number of hydrogen-bond donors (Lipinski definition) is 1. The van der Waals surface area contributed by atoms with Gasteiger partial charge in [-0.15, -0.1) is 0 Å². The Bertz CT molecular complexity index is 1010. The molecule has 0 aliphatic carbocycles. The van der Waals surface area contributed by atoms with Crippen LogP contribution < -0.4 is 11.1 Å². The molecule has 3 aromatic rings. The molecule has 5 nitrogen and oxygen atoms in total. The first kappa shape index (κ1) is 17.5. The number of nitrogens with zero attached hydrogens (tertiary/aromatic N) is 1. The fourth-order valence-corrected chi connectivity index (χ4v) is 2.60. The normalized spacial score (nSPS) is 11.6. The van der Waals surface area contributed by atoms with Gasteiger partial charge >= 0.3 is 5.76 Å². The van der Waals surface area contributed by atoms with Crippen molar-refractivity contribution in [2.45, 2.75) is 12.8 Å². The fourth-order valence-electron chi connectivity index (χ4n) is 2.60. The summed E-state index contributed by atoms with van der Waals surface area (Å²) in [7, 11) is 1.62. The van der Waals surface area contributed by atoms with E-state index in [9.17, 15) is 9.59 Å². The lowest BCUT2D eigenvalue weighted by Crippen LogP contribution is -2.09. The number of anilines is 1. The molecule has 0 aliphatic heterocycles. The summed E-state index contributed by atoms with van der Waals surface area (Å²) in [4.78, 5) is 23.4. The number of rotatable bonds is 6. The van der Waals surface area contributed by atoms with E-state index < -0.39 is 5.76 Å². The fraction of sp³-hybridized carbons (Fsp3) is 0.143. The van der Waals surface area contributed by atoms with Crippen LogP contribution in [0.15, 0.2) is 82.0 Å². The van der Waals surface area contributed by atoms with Gasteiger partial charge in [0.1, 0.15) is 0 Å². The van der Waals surface area contributed by atoms with Gasteiger partial charge in [-0.05, 0) is 36.6 Å². The van der Waals surface area contributed by atoms with Crippen molar-refractivity contribution in [2.75, 3.05) is 5.32 Å². The van der Waals surface area contributed by atoms with Crippen molar-refractivity contribution in [3.8, 4) is 0 Å². The zero-order chi connectivity index (χ0) is 18.4. The van der Waals surface area contributed by atoms with Gasteiger partial charge in [0.05, 0.1) is 5.52 Å². The second kappa shape index (κ2) is 8.16. The molecular weight excluding hydrogens is 328 g/mol. The largest absolute Gasteiger partial charge is 0.419 e. The second-order valence-electron chi connectivity index (χ2n) is 5.91. The zero-order valence-electron chi connectivity index (χ0n) is 14.5. The van der Waals surface area contributed by atoms with Crippen LogP contribution in [0.5, 0.6) is 0 Å². The number of carbonyl (C=O) groups excluding carboxylic acids is 1. The molecule has 0 saturated heterocycles. The summed E-state index contributed by atoms with van der Waals surface area (Å²) >= 11 is 0. The van der Waals surface area contributed by atoms with E-state index in [1.54, 1.807) is 31.3 Å². The van der Waals surface area contributed by atoms with Crippen LogP contribution in [-0.2, 0) is 18.3 Å². The van der Waals surface area contributed by atoms with E-state index in [1.165, 1.54) is 16.2 Å². The summed E-state index contributed by atoms with van der Waals surface area (Å²) < 4.78 is 6.46.